The number of fused-ring (bicyclic) bond motifs is 1. The molecule has 3 aliphatic rings. The van der Waals surface area contributed by atoms with E-state index in [0.29, 0.717) is 43.6 Å². The Morgan fingerprint density at radius 2 is 1.72 bits per heavy atom. The Balaban J connectivity index is 1.37. The monoisotopic (exact) mass is 533 g/mol. The lowest BCUT2D eigenvalue weighted by atomic mass is 9.82. The van der Waals surface area contributed by atoms with E-state index in [4.69, 9.17) is 19.3 Å². The number of likely N-dealkylation sites (tertiary alicyclic amines) is 1. The van der Waals surface area contributed by atoms with E-state index in [1.165, 1.54) is 6.92 Å². The van der Waals surface area contributed by atoms with Gasteiger partial charge >= 0.3 is 5.97 Å². The van der Waals surface area contributed by atoms with Gasteiger partial charge in [-0.15, -0.1) is 0 Å². The second-order valence-electron chi connectivity index (χ2n) is 11.5. The lowest BCUT2D eigenvalue weighted by Crippen LogP contribution is -2.47. The molecule has 3 aliphatic heterocycles. The second kappa shape index (κ2) is 9.70. The molecule has 9 nitrogen and oxygen atoms in total. The Morgan fingerprint density at radius 1 is 1.03 bits per heavy atom. The van der Waals surface area contributed by atoms with Gasteiger partial charge in [0.15, 0.2) is 0 Å². The summed E-state index contributed by atoms with van der Waals surface area (Å²) in [6.07, 6.45) is 1.88. The summed E-state index contributed by atoms with van der Waals surface area (Å²) in [5.41, 5.74) is 1.61. The second-order valence-corrected chi connectivity index (χ2v) is 11.5. The molecule has 0 N–H and O–H groups in total. The zero-order valence-electron chi connectivity index (χ0n) is 23.4. The van der Waals surface area contributed by atoms with Crippen LogP contribution in [0.1, 0.15) is 68.9 Å². The van der Waals surface area contributed by atoms with Crippen molar-refractivity contribution in [1.82, 2.24) is 9.91 Å². The van der Waals surface area contributed by atoms with Crippen molar-refractivity contribution in [1.29, 1.82) is 0 Å². The number of rotatable bonds is 5. The van der Waals surface area contributed by atoms with Crippen LogP contribution in [0.3, 0.4) is 0 Å². The minimum atomic E-state index is -0.839. The number of ether oxygens (including phenoxy) is 3. The van der Waals surface area contributed by atoms with Crippen molar-refractivity contribution in [3.8, 4) is 17.2 Å². The zero-order chi connectivity index (χ0) is 28.1. The molecule has 0 bridgehead atoms. The fraction of sp³-hybridized carbons (Fsp3) is 0.467. The molecule has 39 heavy (non-hydrogen) atoms. The van der Waals surface area contributed by atoms with Crippen molar-refractivity contribution in [3.05, 3.63) is 53.1 Å². The standard InChI is InChI=1S/C30H35N3O6/c1-18(34)38-24-10-8-7-9-20(24)27(35)32-15-13-19(14-16-32)33-28(36)30(4,5)26(31-33)21-11-12-23(37-6)22-17-29(2,3)39-25(21)22/h7-12,19H,13-17H2,1-6H3. The maximum absolute atomic E-state index is 13.7. The number of para-hydroxylation sites is 1. The third-order valence-corrected chi connectivity index (χ3v) is 7.68. The van der Waals surface area contributed by atoms with Gasteiger partial charge in [-0.25, -0.2) is 5.01 Å². The zero-order valence-corrected chi connectivity index (χ0v) is 23.4. The predicted molar refractivity (Wildman–Crippen MR) is 145 cm³/mol. The van der Waals surface area contributed by atoms with Crippen LogP contribution in [0.25, 0.3) is 0 Å². The maximum atomic E-state index is 13.7. The highest BCUT2D eigenvalue weighted by atomic mass is 16.5. The van der Waals surface area contributed by atoms with E-state index >= 15 is 0 Å². The third kappa shape index (κ3) is 4.75. The summed E-state index contributed by atoms with van der Waals surface area (Å²) in [5, 5.41) is 6.50. The van der Waals surface area contributed by atoms with Crippen molar-refractivity contribution in [3.63, 3.8) is 0 Å². The van der Waals surface area contributed by atoms with Crippen molar-refractivity contribution in [2.45, 2.75) is 65.5 Å². The summed E-state index contributed by atoms with van der Waals surface area (Å²) < 4.78 is 17.2. The van der Waals surface area contributed by atoms with Gasteiger partial charge < -0.3 is 19.1 Å². The van der Waals surface area contributed by atoms with Gasteiger partial charge in [0.2, 0.25) is 0 Å². The molecule has 0 aliphatic carbocycles. The Kier molecular flexibility index (Phi) is 6.64. The molecule has 0 atom stereocenters. The largest absolute Gasteiger partial charge is 0.496 e. The summed E-state index contributed by atoms with van der Waals surface area (Å²) in [6, 6.07) is 10.5. The van der Waals surface area contributed by atoms with Crippen molar-refractivity contribution >= 4 is 23.5 Å². The molecule has 2 aromatic rings. The van der Waals surface area contributed by atoms with Gasteiger partial charge in [-0.3, -0.25) is 14.4 Å². The van der Waals surface area contributed by atoms with Crippen LogP contribution in [-0.2, 0) is 16.0 Å². The number of hydrogen-bond acceptors (Lipinski definition) is 7. The van der Waals surface area contributed by atoms with E-state index in [2.05, 4.69) is 0 Å². The third-order valence-electron chi connectivity index (χ3n) is 7.68. The average molecular weight is 534 g/mol. The van der Waals surface area contributed by atoms with Crippen LogP contribution < -0.4 is 14.2 Å². The molecule has 2 amide bonds. The van der Waals surface area contributed by atoms with Gasteiger partial charge in [-0.05, 0) is 64.8 Å². The van der Waals surface area contributed by atoms with Gasteiger partial charge in [0.25, 0.3) is 11.8 Å². The van der Waals surface area contributed by atoms with Crippen molar-refractivity contribution in [2.75, 3.05) is 20.2 Å². The van der Waals surface area contributed by atoms with Crippen molar-refractivity contribution in [2.24, 2.45) is 10.5 Å². The first-order valence-corrected chi connectivity index (χ1v) is 13.3. The van der Waals surface area contributed by atoms with E-state index in [-0.39, 0.29) is 29.2 Å². The number of hydrogen-bond donors (Lipinski definition) is 0. The Morgan fingerprint density at radius 3 is 2.38 bits per heavy atom. The molecule has 1 fully saturated rings. The fourth-order valence-electron chi connectivity index (χ4n) is 5.68. The van der Waals surface area contributed by atoms with Gasteiger partial charge in [0.05, 0.1) is 29.8 Å². The SMILES string of the molecule is COc1ccc(C2=NN(C3CCN(C(=O)c4ccccc4OC(C)=O)CC3)C(=O)C2(C)C)c2c1CC(C)(C)O2. The lowest BCUT2D eigenvalue weighted by Gasteiger charge is -2.35. The molecule has 2 aromatic carbocycles. The number of nitrogens with zero attached hydrogens (tertiary/aromatic N) is 3. The summed E-state index contributed by atoms with van der Waals surface area (Å²) >= 11 is 0. The summed E-state index contributed by atoms with van der Waals surface area (Å²) in [7, 11) is 1.65. The highest BCUT2D eigenvalue weighted by molar-refractivity contribution is 6.20. The molecular formula is C30H35N3O6. The van der Waals surface area contributed by atoms with Crippen LogP contribution in [0.15, 0.2) is 41.5 Å². The predicted octanol–water partition coefficient (Wildman–Crippen LogP) is 4.21. The van der Waals surface area contributed by atoms with E-state index < -0.39 is 11.4 Å². The van der Waals surface area contributed by atoms with Crippen LogP contribution in [0.4, 0.5) is 0 Å². The fourth-order valence-corrected chi connectivity index (χ4v) is 5.68. The highest BCUT2D eigenvalue weighted by Crippen LogP contribution is 2.46. The Labute approximate surface area is 228 Å². The number of esters is 1. The molecule has 3 heterocycles. The van der Waals surface area contributed by atoms with Crippen LogP contribution in [-0.4, -0.2) is 65.2 Å². The van der Waals surface area contributed by atoms with E-state index in [9.17, 15) is 14.4 Å². The van der Waals surface area contributed by atoms with Crippen LogP contribution >= 0.6 is 0 Å². The number of carbonyl (C=O) groups is 3. The number of amides is 2. The summed E-state index contributed by atoms with van der Waals surface area (Å²) in [4.78, 5) is 40.1. The molecule has 9 heteroatoms. The number of hydrazone groups is 1. The smallest absolute Gasteiger partial charge is 0.308 e. The first-order chi connectivity index (χ1) is 18.4. The molecule has 5 rings (SSSR count). The normalized spacial score (nSPS) is 19.8. The Hall–Kier alpha value is -3.88. The van der Waals surface area contributed by atoms with Crippen LogP contribution in [0, 0.1) is 5.41 Å². The minimum absolute atomic E-state index is 0.0655. The number of carbonyl (C=O) groups excluding carboxylic acids is 3. The lowest BCUT2D eigenvalue weighted by molar-refractivity contribution is -0.138. The summed E-state index contributed by atoms with van der Waals surface area (Å²) in [5.74, 6) is 1.01. The number of methoxy groups -OCH3 is 1. The van der Waals surface area contributed by atoms with E-state index in [1.54, 1.807) is 41.3 Å². The van der Waals surface area contributed by atoms with Gasteiger partial charge in [0, 0.05) is 37.6 Å². The first-order valence-electron chi connectivity index (χ1n) is 13.3. The van der Waals surface area contributed by atoms with E-state index in [0.717, 1.165) is 22.6 Å². The average Bonchev–Trinajstić information content (AvgIpc) is 3.34. The molecule has 0 unspecified atom stereocenters. The minimum Gasteiger partial charge on any atom is -0.496 e. The molecule has 0 spiro atoms. The number of benzene rings is 2. The molecule has 1 saturated heterocycles. The highest BCUT2D eigenvalue weighted by Gasteiger charge is 2.49. The molecule has 0 radical (unpaired) electrons. The van der Waals surface area contributed by atoms with Gasteiger partial charge in [-0.1, -0.05) is 12.1 Å². The number of piperidine rings is 1. The quantitative estimate of drug-likeness (QED) is 0.422. The molecular weight excluding hydrogens is 498 g/mol. The van der Waals surface area contributed by atoms with Gasteiger partial charge in [0.1, 0.15) is 22.8 Å². The molecule has 206 valence electrons. The van der Waals surface area contributed by atoms with Crippen LogP contribution in [0.2, 0.25) is 0 Å². The Bertz CT molecular complexity index is 1370. The molecule has 0 saturated carbocycles. The van der Waals surface area contributed by atoms with Crippen LogP contribution in [0.5, 0.6) is 17.2 Å². The van der Waals surface area contributed by atoms with Gasteiger partial charge in [-0.2, -0.15) is 5.10 Å². The summed E-state index contributed by atoms with van der Waals surface area (Å²) in [6.45, 7) is 10.1. The first kappa shape index (κ1) is 26.7. The van der Waals surface area contributed by atoms with E-state index in [1.807, 2.05) is 39.8 Å². The maximum Gasteiger partial charge on any atom is 0.308 e. The molecule has 0 aromatic heterocycles. The van der Waals surface area contributed by atoms with Crippen molar-refractivity contribution < 1.29 is 28.6 Å². The topological polar surface area (TPSA) is 97.7 Å².